The highest BCUT2D eigenvalue weighted by Gasteiger charge is 2.47. The SMILES string of the molecule is COc1ccc(CN2C(=O)C(C)(CCc3cc(C(=O)NCCN(C)C)ccc3Cl)c3cc(Cl)ccc32)c(OC)c1. The molecule has 7 nitrogen and oxygen atoms in total. The molecule has 9 heteroatoms. The summed E-state index contributed by atoms with van der Waals surface area (Å²) in [5.41, 5.74) is 3.05. The lowest BCUT2D eigenvalue weighted by Gasteiger charge is -2.25. The van der Waals surface area contributed by atoms with Gasteiger partial charge in [-0.1, -0.05) is 23.2 Å². The molecule has 0 saturated heterocycles. The first-order valence-electron chi connectivity index (χ1n) is 13.1. The fourth-order valence-electron chi connectivity index (χ4n) is 5.05. The van der Waals surface area contributed by atoms with Gasteiger partial charge in [0.15, 0.2) is 0 Å². The number of halogens is 2. The van der Waals surface area contributed by atoms with Crippen molar-refractivity contribution in [1.82, 2.24) is 10.2 Å². The smallest absolute Gasteiger partial charge is 0.251 e. The van der Waals surface area contributed by atoms with E-state index in [0.29, 0.717) is 53.0 Å². The van der Waals surface area contributed by atoms with E-state index in [1.165, 1.54) is 0 Å². The molecule has 0 bridgehead atoms. The lowest BCUT2D eigenvalue weighted by molar-refractivity contribution is -0.123. The molecule has 0 radical (unpaired) electrons. The lowest BCUT2D eigenvalue weighted by atomic mass is 9.78. The van der Waals surface area contributed by atoms with Crippen molar-refractivity contribution in [1.29, 1.82) is 0 Å². The summed E-state index contributed by atoms with van der Waals surface area (Å²) in [6.45, 7) is 3.57. The Labute approximate surface area is 246 Å². The van der Waals surface area contributed by atoms with Crippen LogP contribution in [0, 0.1) is 0 Å². The van der Waals surface area contributed by atoms with Crippen molar-refractivity contribution >= 4 is 40.7 Å². The standard InChI is InChI=1S/C31H35Cl2N3O4/c1-31(13-12-20-16-21(7-10-26(20)33)29(37)34-14-15-35(2)3)25-17-23(32)8-11-27(25)36(30(31)38)19-22-6-9-24(39-4)18-28(22)40-5/h6-11,16-18H,12-15,19H2,1-5H3,(H,34,37). The van der Waals surface area contributed by atoms with Gasteiger partial charge in [0, 0.05) is 46.0 Å². The Balaban J connectivity index is 1.59. The topological polar surface area (TPSA) is 71.1 Å². The summed E-state index contributed by atoms with van der Waals surface area (Å²) in [5, 5.41) is 4.06. The molecule has 0 aliphatic carbocycles. The van der Waals surface area contributed by atoms with E-state index < -0.39 is 5.41 Å². The highest BCUT2D eigenvalue weighted by molar-refractivity contribution is 6.31. The van der Waals surface area contributed by atoms with Crippen molar-refractivity contribution in [3.8, 4) is 11.5 Å². The van der Waals surface area contributed by atoms with Gasteiger partial charge in [0.1, 0.15) is 11.5 Å². The molecular formula is C31H35Cl2N3O4. The second-order valence-corrected chi connectivity index (χ2v) is 11.3. The molecule has 1 atom stereocenters. The molecular weight excluding hydrogens is 549 g/mol. The summed E-state index contributed by atoms with van der Waals surface area (Å²) in [6.07, 6.45) is 0.992. The van der Waals surface area contributed by atoms with Gasteiger partial charge in [0.05, 0.1) is 26.2 Å². The number of carbonyl (C=O) groups excluding carboxylic acids is 2. The van der Waals surface area contributed by atoms with Crippen LogP contribution < -0.4 is 19.7 Å². The van der Waals surface area contributed by atoms with Crippen molar-refractivity contribution in [3.63, 3.8) is 0 Å². The van der Waals surface area contributed by atoms with Crippen molar-refractivity contribution in [2.75, 3.05) is 46.3 Å². The Hall–Kier alpha value is -3.26. The van der Waals surface area contributed by atoms with Crippen LogP contribution in [0.25, 0.3) is 0 Å². The molecule has 0 saturated carbocycles. The molecule has 1 aliphatic heterocycles. The van der Waals surface area contributed by atoms with E-state index in [-0.39, 0.29) is 11.8 Å². The Morgan fingerprint density at radius 1 is 1.00 bits per heavy atom. The third kappa shape index (κ3) is 6.22. The highest BCUT2D eigenvalue weighted by atomic mass is 35.5. The van der Waals surface area contributed by atoms with Crippen LogP contribution >= 0.6 is 23.2 Å². The van der Waals surface area contributed by atoms with Crippen LogP contribution in [0.5, 0.6) is 11.5 Å². The molecule has 212 valence electrons. The summed E-state index contributed by atoms with van der Waals surface area (Å²) < 4.78 is 10.9. The number of benzene rings is 3. The van der Waals surface area contributed by atoms with Crippen LogP contribution in [0.3, 0.4) is 0 Å². The number of hydrogen-bond acceptors (Lipinski definition) is 5. The Bertz CT molecular complexity index is 1410. The summed E-state index contributed by atoms with van der Waals surface area (Å²) >= 11 is 13.0. The molecule has 4 rings (SSSR count). The van der Waals surface area contributed by atoms with Gasteiger partial charge < -0.3 is 24.6 Å². The van der Waals surface area contributed by atoms with Crippen molar-refractivity contribution in [2.45, 2.75) is 31.7 Å². The summed E-state index contributed by atoms with van der Waals surface area (Å²) in [4.78, 5) is 30.6. The summed E-state index contributed by atoms with van der Waals surface area (Å²) in [6, 6.07) is 16.4. The normalized spacial score (nSPS) is 16.3. The number of methoxy groups -OCH3 is 2. The molecule has 1 N–H and O–H groups in total. The first-order chi connectivity index (χ1) is 19.1. The summed E-state index contributed by atoms with van der Waals surface area (Å²) in [7, 11) is 7.11. The molecule has 3 aromatic carbocycles. The number of fused-ring (bicyclic) bond motifs is 1. The predicted octanol–water partition coefficient (Wildman–Crippen LogP) is 5.74. The number of nitrogens with one attached hydrogen (secondary N) is 1. The van der Waals surface area contributed by atoms with Gasteiger partial charge in [-0.3, -0.25) is 9.59 Å². The van der Waals surface area contributed by atoms with Gasteiger partial charge >= 0.3 is 0 Å². The van der Waals surface area contributed by atoms with Crippen molar-refractivity contribution < 1.29 is 19.1 Å². The van der Waals surface area contributed by atoms with Gasteiger partial charge in [-0.2, -0.15) is 0 Å². The van der Waals surface area contributed by atoms with Gasteiger partial charge in [0.25, 0.3) is 5.91 Å². The van der Waals surface area contributed by atoms with E-state index in [1.807, 2.05) is 62.3 Å². The molecule has 3 aromatic rings. The number of rotatable bonds is 11. The quantitative estimate of drug-likeness (QED) is 0.311. The molecule has 1 aliphatic rings. The molecule has 0 aromatic heterocycles. The van der Waals surface area contributed by atoms with E-state index in [9.17, 15) is 9.59 Å². The van der Waals surface area contributed by atoms with Crippen molar-refractivity contribution in [3.05, 3.63) is 86.9 Å². The van der Waals surface area contributed by atoms with Gasteiger partial charge in [-0.05, 0) is 93.5 Å². The average molecular weight is 585 g/mol. The second kappa shape index (κ2) is 12.5. The fourth-order valence-corrected chi connectivity index (χ4v) is 5.43. The molecule has 2 amide bonds. The van der Waals surface area contributed by atoms with Crippen LogP contribution in [0.1, 0.15) is 40.4 Å². The third-order valence-corrected chi connectivity index (χ3v) is 8.03. The maximum absolute atomic E-state index is 14.1. The number of hydrogen-bond donors (Lipinski definition) is 1. The number of nitrogens with zero attached hydrogens (tertiary/aromatic N) is 2. The second-order valence-electron chi connectivity index (χ2n) is 10.4. The van der Waals surface area contributed by atoms with Crippen molar-refractivity contribution in [2.24, 2.45) is 0 Å². The van der Waals surface area contributed by atoms with Crippen LogP contribution in [0.15, 0.2) is 54.6 Å². The monoisotopic (exact) mass is 583 g/mol. The van der Waals surface area contributed by atoms with E-state index in [1.54, 1.807) is 37.3 Å². The minimum atomic E-state index is -0.840. The van der Waals surface area contributed by atoms with Gasteiger partial charge in [0.2, 0.25) is 5.91 Å². The van der Waals surface area contributed by atoms with Gasteiger partial charge in [-0.15, -0.1) is 0 Å². The zero-order valence-corrected chi connectivity index (χ0v) is 25.0. The van der Waals surface area contributed by atoms with E-state index >= 15 is 0 Å². The maximum Gasteiger partial charge on any atom is 0.251 e. The van der Waals surface area contributed by atoms with Crippen LogP contribution in [-0.2, 0) is 23.2 Å². The minimum absolute atomic E-state index is 0.0312. The Morgan fingerprint density at radius 3 is 2.48 bits per heavy atom. The molecule has 1 heterocycles. The number of ether oxygens (including phenoxy) is 2. The number of carbonyl (C=O) groups is 2. The maximum atomic E-state index is 14.1. The minimum Gasteiger partial charge on any atom is -0.497 e. The first-order valence-corrected chi connectivity index (χ1v) is 13.9. The lowest BCUT2D eigenvalue weighted by Crippen LogP contribution is -2.38. The summed E-state index contributed by atoms with van der Waals surface area (Å²) in [5.74, 6) is 1.13. The predicted molar refractivity (Wildman–Crippen MR) is 160 cm³/mol. The molecule has 0 spiro atoms. The Morgan fingerprint density at radius 2 is 1.77 bits per heavy atom. The Kier molecular flexibility index (Phi) is 9.29. The number of amides is 2. The number of aryl methyl sites for hydroxylation is 1. The van der Waals surface area contributed by atoms with E-state index in [4.69, 9.17) is 32.7 Å². The fraction of sp³-hybridized carbons (Fsp3) is 0.355. The molecule has 40 heavy (non-hydrogen) atoms. The van der Waals surface area contributed by atoms with E-state index in [2.05, 4.69) is 5.32 Å². The zero-order valence-electron chi connectivity index (χ0n) is 23.5. The first kappa shape index (κ1) is 29.7. The number of likely N-dealkylation sites (N-methyl/N-ethyl adjacent to an activating group) is 1. The molecule has 1 unspecified atom stereocenters. The third-order valence-electron chi connectivity index (χ3n) is 7.43. The number of anilines is 1. The average Bonchev–Trinajstić information content (AvgIpc) is 3.13. The van der Waals surface area contributed by atoms with Crippen LogP contribution in [0.4, 0.5) is 5.69 Å². The van der Waals surface area contributed by atoms with E-state index in [0.717, 1.165) is 28.9 Å². The largest absolute Gasteiger partial charge is 0.497 e. The van der Waals surface area contributed by atoms with Crippen LogP contribution in [-0.4, -0.2) is 58.1 Å². The zero-order chi connectivity index (χ0) is 29.0. The van der Waals surface area contributed by atoms with Gasteiger partial charge in [-0.25, -0.2) is 0 Å². The molecule has 0 fully saturated rings. The van der Waals surface area contributed by atoms with Crippen LogP contribution in [0.2, 0.25) is 10.0 Å². The highest BCUT2D eigenvalue weighted by Crippen LogP contribution is 2.47.